The number of carbonyl (C=O) groups is 1. The van der Waals surface area contributed by atoms with E-state index in [0.717, 1.165) is 49.3 Å². The number of benzene rings is 1. The van der Waals surface area contributed by atoms with Crippen molar-refractivity contribution in [2.24, 2.45) is 5.92 Å². The lowest BCUT2D eigenvalue weighted by Gasteiger charge is -2.26. The van der Waals surface area contributed by atoms with Gasteiger partial charge in [0.05, 0.1) is 11.7 Å². The molecule has 4 N–H and O–H groups in total. The SMILES string of the molecule is CC(C)N1C[C@@H]2C[C@]2(c2ccc(-c3cnc(N)c(C(=O)NC4CCC(O)CC4)c3)cc2)C1. The van der Waals surface area contributed by atoms with Gasteiger partial charge in [-0.05, 0) is 69.1 Å². The number of piperidine rings is 1. The van der Waals surface area contributed by atoms with Crippen LogP contribution in [0, 0.1) is 5.92 Å². The van der Waals surface area contributed by atoms with Crippen molar-refractivity contribution in [3.8, 4) is 11.1 Å². The average Bonchev–Trinajstić information content (AvgIpc) is 3.36. The van der Waals surface area contributed by atoms with Gasteiger partial charge in [-0.2, -0.15) is 0 Å². The molecule has 5 rings (SSSR count). The number of amides is 1. The Morgan fingerprint density at radius 3 is 2.56 bits per heavy atom. The Morgan fingerprint density at radius 1 is 1.19 bits per heavy atom. The number of pyridine rings is 1. The highest BCUT2D eigenvalue weighted by Gasteiger charge is 2.60. The molecule has 3 fully saturated rings. The highest BCUT2D eigenvalue weighted by Crippen LogP contribution is 2.59. The summed E-state index contributed by atoms with van der Waals surface area (Å²) in [7, 11) is 0. The van der Waals surface area contributed by atoms with E-state index in [1.165, 1.54) is 18.5 Å². The van der Waals surface area contributed by atoms with Gasteiger partial charge in [-0.25, -0.2) is 4.98 Å². The van der Waals surface area contributed by atoms with Crippen LogP contribution in [-0.2, 0) is 5.41 Å². The van der Waals surface area contributed by atoms with E-state index in [1.54, 1.807) is 6.20 Å². The summed E-state index contributed by atoms with van der Waals surface area (Å²) in [5.74, 6) is 0.845. The van der Waals surface area contributed by atoms with Gasteiger partial charge in [0, 0.05) is 42.3 Å². The van der Waals surface area contributed by atoms with Gasteiger partial charge in [0.15, 0.2) is 0 Å². The van der Waals surface area contributed by atoms with Crippen molar-refractivity contribution in [3.63, 3.8) is 0 Å². The standard InChI is InChI=1S/C26H34N4O2/c1-16(2)30-14-20-12-26(20,15-30)19-5-3-17(4-6-19)18-11-23(24(27)28-13-18)25(32)29-21-7-9-22(31)10-8-21/h3-6,11,13,16,20-22,31H,7-10,12,14-15H2,1-2H3,(H2,27,28)(H,29,32)/t20-,21?,22?,26+/m0/s1. The van der Waals surface area contributed by atoms with Crippen LogP contribution < -0.4 is 11.1 Å². The molecule has 2 heterocycles. The summed E-state index contributed by atoms with van der Waals surface area (Å²) in [6, 6.07) is 11.3. The third-order valence-electron chi connectivity index (χ3n) is 7.89. The summed E-state index contributed by atoms with van der Waals surface area (Å²) >= 11 is 0. The zero-order valence-corrected chi connectivity index (χ0v) is 19.1. The third-order valence-corrected chi connectivity index (χ3v) is 7.89. The molecule has 1 saturated heterocycles. The zero-order chi connectivity index (χ0) is 22.5. The summed E-state index contributed by atoms with van der Waals surface area (Å²) in [5.41, 5.74) is 10.2. The van der Waals surface area contributed by atoms with Crippen molar-refractivity contribution in [1.29, 1.82) is 0 Å². The molecule has 1 amide bonds. The number of carbonyl (C=O) groups excluding carboxylic acids is 1. The van der Waals surface area contributed by atoms with Crippen molar-refractivity contribution < 1.29 is 9.90 Å². The van der Waals surface area contributed by atoms with E-state index in [0.29, 0.717) is 17.0 Å². The molecule has 2 aromatic rings. The number of hydrogen-bond donors (Lipinski definition) is 3. The van der Waals surface area contributed by atoms with Crippen LogP contribution in [0.25, 0.3) is 11.1 Å². The number of aliphatic hydroxyl groups is 1. The molecule has 0 spiro atoms. The highest BCUT2D eigenvalue weighted by molar-refractivity contribution is 5.99. The quantitative estimate of drug-likeness (QED) is 0.671. The molecule has 0 unspecified atom stereocenters. The van der Waals surface area contributed by atoms with Gasteiger partial charge in [-0.3, -0.25) is 9.69 Å². The van der Waals surface area contributed by atoms with E-state index in [9.17, 15) is 9.90 Å². The first-order chi connectivity index (χ1) is 15.4. The number of likely N-dealkylation sites (tertiary alicyclic amines) is 1. The van der Waals surface area contributed by atoms with E-state index >= 15 is 0 Å². The van der Waals surface area contributed by atoms with E-state index in [1.807, 2.05) is 6.07 Å². The fraction of sp³-hybridized carbons (Fsp3) is 0.538. The Morgan fingerprint density at radius 2 is 1.91 bits per heavy atom. The van der Waals surface area contributed by atoms with Crippen LogP contribution in [0.3, 0.4) is 0 Å². The number of nitrogens with zero attached hydrogens (tertiary/aromatic N) is 2. The molecule has 32 heavy (non-hydrogen) atoms. The number of anilines is 1. The first-order valence-electron chi connectivity index (χ1n) is 11.9. The minimum absolute atomic E-state index is 0.0794. The minimum atomic E-state index is -0.246. The molecule has 6 nitrogen and oxygen atoms in total. The Balaban J connectivity index is 1.31. The molecule has 1 aromatic carbocycles. The average molecular weight is 435 g/mol. The van der Waals surface area contributed by atoms with E-state index in [-0.39, 0.29) is 23.9 Å². The molecule has 2 atom stereocenters. The van der Waals surface area contributed by atoms with E-state index in [2.05, 4.69) is 53.3 Å². The van der Waals surface area contributed by atoms with E-state index in [4.69, 9.17) is 5.73 Å². The van der Waals surface area contributed by atoms with Crippen LogP contribution >= 0.6 is 0 Å². The lowest BCUT2D eigenvalue weighted by molar-refractivity contribution is 0.0868. The predicted molar refractivity (Wildman–Crippen MR) is 126 cm³/mol. The number of nitrogens with one attached hydrogen (secondary N) is 1. The van der Waals surface area contributed by atoms with Crippen LogP contribution in [0.15, 0.2) is 36.5 Å². The summed E-state index contributed by atoms with van der Waals surface area (Å²) in [6.07, 6.45) is 5.82. The second-order valence-corrected chi connectivity index (χ2v) is 10.3. The summed E-state index contributed by atoms with van der Waals surface area (Å²) in [4.78, 5) is 19.8. The second-order valence-electron chi connectivity index (χ2n) is 10.3. The first-order valence-corrected chi connectivity index (χ1v) is 11.9. The van der Waals surface area contributed by atoms with Gasteiger partial charge in [0.1, 0.15) is 5.82 Å². The molecule has 1 aromatic heterocycles. The minimum Gasteiger partial charge on any atom is -0.393 e. The van der Waals surface area contributed by atoms with Crippen LogP contribution in [-0.4, -0.2) is 52.2 Å². The summed E-state index contributed by atoms with van der Waals surface area (Å²) in [6.45, 7) is 6.92. The van der Waals surface area contributed by atoms with Gasteiger partial charge in [-0.1, -0.05) is 24.3 Å². The number of aromatic nitrogens is 1. The maximum absolute atomic E-state index is 12.9. The van der Waals surface area contributed by atoms with Gasteiger partial charge < -0.3 is 16.2 Å². The van der Waals surface area contributed by atoms with Gasteiger partial charge in [0.2, 0.25) is 0 Å². The Bertz CT molecular complexity index is 997. The fourth-order valence-electron chi connectivity index (χ4n) is 5.65. The predicted octanol–water partition coefficient (Wildman–Crippen LogP) is 3.35. The Hall–Kier alpha value is -2.44. The number of nitrogens with two attached hydrogens (primary N) is 1. The Labute approximate surface area is 190 Å². The smallest absolute Gasteiger partial charge is 0.255 e. The fourth-order valence-corrected chi connectivity index (χ4v) is 5.65. The largest absolute Gasteiger partial charge is 0.393 e. The molecule has 170 valence electrons. The highest BCUT2D eigenvalue weighted by atomic mass is 16.3. The normalized spacial score (nSPS) is 29.7. The molecule has 2 aliphatic carbocycles. The van der Waals surface area contributed by atoms with Crippen LogP contribution in [0.5, 0.6) is 0 Å². The van der Waals surface area contributed by atoms with Crippen LogP contribution in [0.1, 0.15) is 61.9 Å². The number of aliphatic hydroxyl groups excluding tert-OH is 1. The van der Waals surface area contributed by atoms with E-state index < -0.39 is 0 Å². The van der Waals surface area contributed by atoms with Gasteiger partial charge in [0.25, 0.3) is 5.91 Å². The molecule has 1 aliphatic heterocycles. The summed E-state index contributed by atoms with van der Waals surface area (Å²) < 4.78 is 0. The molecular weight excluding hydrogens is 400 g/mol. The van der Waals surface area contributed by atoms with Crippen molar-refractivity contribution in [1.82, 2.24) is 15.2 Å². The Kier molecular flexibility index (Phi) is 5.46. The molecule has 2 saturated carbocycles. The lowest BCUT2D eigenvalue weighted by atomic mass is 9.92. The third kappa shape index (κ3) is 3.90. The first kappa shape index (κ1) is 21.4. The lowest BCUT2D eigenvalue weighted by Crippen LogP contribution is -2.38. The van der Waals surface area contributed by atoms with Crippen molar-refractivity contribution in [3.05, 3.63) is 47.7 Å². The number of fused-ring (bicyclic) bond motifs is 1. The number of nitrogen functional groups attached to an aromatic ring is 1. The van der Waals surface area contributed by atoms with Crippen molar-refractivity contribution in [2.75, 3.05) is 18.8 Å². The number of rotatable bonds is 5. The number of hydrogen-bond acceptors (Lipinski definition) is 5. The molecule has 3 aliphatic rings. The summed E-state index contributed by atoms with van der Waals surface area (Å²) in [5, 5.41) is 12.8. The second kappa shape index (κ2) is 8.16. The molecule has 0 bridgehead atoms. The maximum atomic E-state index is 12.9. The molecular formula is C26H34N4O2. The van der Waals surface area contributed by atoms with Gasteiger partial charge in [-0.15, -0.1) is 0 Å². The molecule has 6 heteroatoms. The van der Waals surface area contributed by atoms with Crippen LogP contribution in [0.2, 0.25) is 0 Å². The monoisotopic (exact) mass is 434 g/mol. The van der Waals surface area contributed by atoms with Crippen LogP contribution in [0.4, 0.5) is 5.82 Å². The van der Waals surface area contributed by atoms with Crippen molar-refractivity contribution >= 4 is 11.7 Å². The zero-order valence-electron chi connectivity index (χ0n) is 19.1. The molecule has 0 radical (unpaired) electrons. The van der Waals surface area contributed by atoms with Crippen molar-refractivity contribution in [2.45, 2.75) is 69.6 Å². The maximum Gasteiger partial charge on any atom is 0.255 e. The topological polar surface area (TPSA) is 91.5 Å². The van der Waals surface area contributed by atoms with Gasteiger partial charge >= 0.3 is 0 Å².